The number of aromatic nitrogens is 2. The molecule has 1 saturated heterocycles. The summed E-state index contributed by atoms with van der Waals surface area (Å²) in [6.07, 6.45) is 3.37. The Morgan fingerprint density at radius 1 is 1.19 bits per heavy atom. The van der Waals surface area contributed by atoms with Crippen LogP contribution in [0.15, 0.2) is 30.3 Å². The average molecular weight is 354 g/mol. The second-order valence-electron chi connectivity index (χ2n) is 7.38. The van der Waals surface area contributed by atoms with Crippen LogP contribution in [-0.2, 0) is 24.8 Å². The number of benzene rings is 1. The molecule has 140 valence electrons. The van der Waals surface area contributed by atoms with Gasteiger partial charge in [0.2, 0.25) is 5.91 Å². The largest absolute Gasteiger partial charge is 0.353 e. The monoisotopic (exact) mass is 354 g/mol. The number of carbonyl (C=O) groups is 1. The smallest absolute Gasteiger partial charge is 0.220 e. The highest BCUT2D eigenvalue weighted by molar-refractivity contribution is 5.76. The second-order valence-corrected chi connectivity index (χ2v) is 7.38. The summed E-state index contributed by atoms with van der Waals surface area (Å²) >= 11 is 0. The van der Waals surface area contributed by atoms with Crippen LogP contribution < -0.4 is 5.32 Å². The predicted octanol–water partition coefficient (Wildman–Crippen LogP) is 2.75. The molecular formula is C21H30N4O. The Kier molecular flexibility index (Phi) is 6.09. The molecule has 0 atom stereocenters. The highest BCUT2D eigenvalue weighted by Gasteiger charge is 2.21. The molecule has 1 fully saturated rings. The first-order valence-corrected chi connectivity index (χ1v) is 9.57. The van der Waals surface area contributed by atoms with Crippen molar-refractivity contribution in [2.45, 2.75) is 52.1 Å². The molecule has 1 aromatic heterocycles. The van der Waals surface area contributed by atoms with Crippen LogP contribution in [0.5, 0.6) is 0 Å². The number of amides is 1. The summed E-state index contributed by atoms with van der Waals surface area (Å²) in [4.78, 5) is 14.8. The van der Waals surface area contributed by atoms with Gasteiger partial charge in [-0.15, -0.1) is 0 Å². The standard InChI is InChI=1S/C21H30N4O/c1-16-20(17(2)24(3)23-16)9-10-21(26)22-19-11-13-25(14-12-19)15-18-7-5-4-6-8-18/h4-8,19H,9-15H2,1-3H3,(H,22,26). The third kappa shape index (κ3) is 4.73. The molecule has 0 radical (unpaired) electrons. The summed E-state index contributed by atoms with van der Waals surface area (Å²) < 4.78 is 1.89. The van der Waals surface area contributed by atoms with E-state index >= 15 is 0 Å². The highest BCUT2D eigenvalue weighted by Crippen LogP contribution is 2.16. The van der Waals surface area contributed by atoms with Gasteiger partial charge in [0, 0.05) is 44.8 Å². The molecule has 0 unspecified atom stereocenters. The maximum atomic E-state index is 12.3. The molecule has 0 bridgehead atoms. The zero-order chi connectivity index (χ0) is 18.5. The molecule has 26 heavy (non-hydrogen) atoms. The van der Waals surface area contributed by atoms with Gasteiger partial charge in [0.1, 0.15) is 0 Å². The van der Waals surface area contributed by atoms with Crippen molar-refractivity contribution in [1.82, 2.24) is 20.0 Å². The Bertz CT molecular complexity index is 730. The fraction of sp³-hybridized carbons (Fsp3) is 0.524. The first kappa shape index (κ1) is 18.6. The Morgan fingerprint density at radius 2 is 1.88 bits per heavy atom. The van der Waals surface area contributed by atoms with Crippen molar-refractivity contribution in [2.24, 2.45) is 7.05 Å². The summed E-state index contributed by atoms with van der Waals surface area (Å²) in [6, 6.07) is 10.9. The third-order valence-corrected chi connectivity index (χ3v) is 5.46. The van der Waals surface area contributed by atoms with Crippen LogP contribution in [0.3, 0.4) is 0 Å². The van der Waals surface area contributed by atoms with Gasteiger partial charge in [0.05, 0.1) is 5.69 Å². The number of piperidine rings is 1. The number of nitrogens with one attached hydrogen (secondary N) is 1. The van der Waals surface area contributed by atoms with Crippen molar-refractivity contribution in [3.05, 3.63) is 52.8 Å². The maximum Gasteiger partial charge on any atom is 0.220 e. The molecular weight excluding hydrogens is 324 g/mol. The summed E-state index contributed by atoms with van der Waals surface area (Å²) in [5.74, 6) is 0.161. The molecule has 2 heterocycles. The second kappa shape index (κ2) is 8.49. The van der Waals surface area contributed by atoms with E-state index in [0.717, 1.165) is 50.3 Å². The van der Waals surface area contributed by atoms with Crippen LogP contribution in [0.2, 0.25) is 0 Å². The quantitative estimate of drug-likeness (QED) is 0.868. The van der Waals surface area contributed by atoms with Gasteiger partial charge in [-0.3, -0.25) is 14.4 Å². The van der Waals surface area contributed by atoms with Crippen LogP contribution >= 0.6 is 0 Å². The van der Waals surface area contributed by atoms with E-state index in [1.165, 1.54) is 11.1 Å². The molecule has 5 heteroatoms. The SMILES string of the molecule is Cc1nn(C)c(C)c1CCC(=O)NC1CCN(Cc2ccccc2)CC1. The molecule has 0 aliphatic carbocycles. The number of nitrogens with zero attached hydrogens (tertiary/aromatic N) is 3. The number of carbonyl (C=O) groups excluding carboxylic acids is 1. The topological polar surface area (TPSA) is 50.2 Å². The van der Waals surface area contributed by atoms with Crippen molar-refractivity contribution < 1.29 is 4.79 Å². The first-order valence-electron chi connectivity index (χ1n) is 9.57. The van der Waals surface area contributed by atoms with Gasteiger partial charge in [-0.2, -0.15) is 5.10 Å². The lowest BCUT2D eigenvalue weighted by atomic mass is 10.0. The predicted molar refractivity (Wildman–Crippen MR) is 104 cm³/mol. The van der Waals surface area contributed by atoms with E-state index < -0.39 is 0 Å². The van der Waals surface area contributed by atoms with E-state index in [-0.39, 0.29) is 5.91 Å². The van der Waals surface area contributed by atoms with E-state index in [0.29, 0.717) is 12.5 Å². The molecule has 0 spiro atoms. The lowest BCUT2D eigenvalue weighted by molar-refractivity contribution is -0.122. The Morgan fingerprint density at radius 3 is 2.50 bits per heavy atom. The Hall–Kier alpha value is -2.14. The van der Waals surface area contributed by atoms with E-state index in [4.69, 9.17) is 0 Å². The normalized spacial score (nSPS) is 16.0. The van der Waals surface area contributed by atoms with Crippen molar-refractivity contribution in [3.8, 4) is 0 Å². The number of hydrogen-bond acceptors (Lipinski definition) is 3. The highest BCUT2D eigenvalue weighted by atomic mass is 16.1. The van der Waals surface area contributed by atoms with E-state index in [2.05, 4.69) is 52.6 Å². The molecule has 1 amide bonds. The van der Waals surface area contributed by atoms with Crippen molar-refractivity contribution >= 4 is 5.91 Å². The van der Waals surface area contributed by atoms with Gasteiger partial charge in [0.25, 0.3) is 0 Å². The van der Waals surface area contributed by atoms with Crippen molar-refractivity contribution in [2.75, 3.05) is 13.1 Å². The van der Waals surface area contributed by atoms with E-state index in [1.54, 1.807) is 0 Å². The lowest BCUT2D eigenvalue weighted by Gasteiger charge is -2.32. The number of rotatable bonds is 6. The van der Waals surface area contributed by atoms with Gasteiger partial charge < -0.3 is 5.32 Å². The number of aryl methyl sites for hydroxylation is 2. The summed E-state index contributed by atoms with van der Waals surface area (Å²) in [5.41, 5.74) is 4.76. The van der Waals surface area contributed by atoms with Crippen molar-refractivity contribution in [3.63, 3.8) is 0 Å². The van der Waals surface area contributed by atoms with Crippen LogP contribution in [0, 0.1) is 13.8 Å². The fourth-order valence-electron chi connectivity index (χ4n) is 3.79. The van der Waals surface area contributed by atoms with Gasteiger partial charge in [-0.25, -0.2) is 0 Å². The third-order valence-electron chi connectivity index (χ3n) is 5.46. The zero-order valence-electron chi connectivity index (χ0n) is 16.2. The summed E-state index contributed by atoms with van der Waals surface area (Å²) in [7, 11) is 1.95. The molecule has 1 aliphatic heterocycles. The molecule has 2 aromatic rings. The summed E-state index contributed by atoms with van der Waals surface area (Å²) in [5, 5.41) is 7.65. The van der Waals surface area contributed by atoms with Crippen LogP contribution in [-0.4, -0.2) is 39.7 Å². The van der Waals surface area contributed by atoms with Gasteiger partial charge in [-0.05, 0) is 44.2 Å². The minimum atomic E-state index is 0.161. The van der Waals surface area contributed by atoms with Gasteiger partial charge in [-0.1, -0.05) is 30.3 Å². The Balaban J connectivity index is 1.40. The van der Waals surface area contributed by atoms with Crippen LogP contribution in [0.25, 0.3) is 0 Å². The maximum absolute atomic E-state index is 12.3. The molecule has 0 saturated carbocycles. The zero-order valence-corrected chi connectivity index (χ0v) is 16.2. The van der Waals surface area contributed by atoms with Crippen LogP contribution in [0.1, 0.15) is 41.8 Å². The molecule has 3 rings (SSSR count). The average Bonchev–Trinajstić information content (AvgIpc) is 2.88. The molecule has 5 nitrogen and oxygen atoms in total. The molecule has 1 aliphatic rings. The molecule has 1 aromatic carbocycles. The van der Waals surface area contributed by atoms with E-state index in [1.807, 2.05) is 18.7 Å². The minimum absolute atomic E-state index is 0.161. The van der Waals surface area contributed by atoms with Crippen molar-refractivity contribution in [1.29, 1.82) is 0 Å². The number of hydrogen-bond donors (Lipinski definition) is 1. The van der Waals surface area contributed by atoms with E-state index in [9.17, 15) is 4.79 Å². The minimum Gasteiger partial charge on any atom is -0.353 e. The Labute approximate surface area is 156 Å². The molecule has 1 N–H and O–H groups in total. The van der Waals surface area contributed by atoms with Gasteiger partial charge in [0.15, 0.2) is 0 Å². The lowest BCUT2D eigenvalue weighted by Crippen LogP contribution is -2.44. The van der Waals surface area contributed by atoms with Crippen LogP contribution in [0.4, 0.5) is 0 Å². The van der Waals surface area contributed by atoms with Gasteiger partial charge >= 0.3 is 0 Å². The summed E-state index contributed by atoms with van der Waals surface area (Å²) in [6.45, 7) is 7.17. The first-order chi connectivity index (χ1) is 12.5. The fourth-order valence-corrected chi connectivity index (χ4v) is 3.79. The number of likely N-dealkylation sites (tertiary alicyclic amines) is 1.